The molecule has 9 aromatic carbocycles. The van der Waals surface area contributed by atoms with Gasteiger partial charge in [0.05, 0.1) is 11.0 Å². The Labute approximate surface area is 361 Å². The Morgan fingerprint density at radius 3 is 1.63 bits per heavy atom. The molecule has 0 aliphatic heterocycles. The molecule has 0 spiro atoms. The van der Waals surface area contributed by atoms with Gasteiger partial charge in [-0.1, -0.05) is 140 Å². The monoisotopic (exact) mass is 806 g/mol. The minimum absolute atomic E-state index is 0.563. The van der Waals surface area contributed by atoms with Gasteiger partial charge in [0.1, 0.15) is 22.3 Å². The van der Waals surface area contributed by atoms with E-state index < -0.39 is 0 Å². The predicted molar refractivity (Wildman–Crippen MR) is 256 cm³/mol. The molecule has 6 nitrogen and oxygen atoms in total. The standard InChI is InChI=1S/C57H34N4O2/c1-4-14-35(15-5-1)38-24-28-49-45(30-38)42-20-10-12-22-48(42)61(49)41-26-27-44-52(34-41)63-53-33-40(39-25-29-51-46(31-39)43-21-11-13-23-50(43)62-51)32-47(54(44)53)57-59-55(36-16-6-2-7-17-36)58-56(60-57)37-18-8-3-9-19-37/h1-34H. The maximum absolute atomic E-state index is 6.99. The van der Waals surface area contributed by atoms with Gasteiger partial charge in [-0.15, -0.1) is 0 Å². The van der Waals surface area contributed by atoms with Crippen LogP contribution in [-0.2, 0) is 0 Å². The van der Waals surface area contributed by atoms with Gasteiger partial charge in [0.2, 0.25) is 0 Å². The van der Waals surface area contributed by atoms with Gasteiger partial charge < -0.3 is 13.4 Å². The molecule has 0 radical (unpaired) electrons. The molecule has 0 saturated carbocycles. The van der Waals surface area contributed by atoms with Crippen molar-refractivity contribution in [3.05, 3.63) is 206 Å². The molecule has 0 saturated heterocycles. The number of rotatable bonds is 6. The van der Waals surface area contributed by atoms with E-state index in [9.17, 15) is 0 Å². The van der Waals surface area contributed by atoms with Crippen LogP contribution in [0.4, 0.5) is 0 Å². The summed E-state index contributed by atoms with van der Waals surface area (Å²) in [6.45, 7) is 0. The first kappa shape index (κ1) is 35.2. The molecule has 0 fully saturated rings. The predicted octanol–water partition coefficient (Wildman–Crippen LogP) is 15.1. The lowest BCUT2D eigenvalue weighted by Gasteiger charge is -2.11. The maximum Gasteiger partial charge on any atom is 0.164 e. The molecule has 0 bridgehead atoms. The van der Waals surface area contributed by atoms with E-state index in [-0.39, 0.29) is 0 Å². The summed E-state index contributed by atoms with van der Waals surface area (Å²) in [7, 11) is 0. The summed E-state index contributed by atoms with van der Waals surface area (Å²) in [5.41, 5.74) is 13.5. The van der Waals surface area contributed by atoms with Crippen LogP contribution >= 0.6 is 0 Å². The lowest BCUT2D eigenvalue weighted by Crippen LogP contribution is -2.00. The van der Waals surface area contributed by atoms with Gasteiger partial charge in [-0.05, 0) is 82.9 Å². The number of hydrogen-bond donors (Lipinski definition) is 0. The van der Waals surface area contributed by atoms with Crippen LogP contribution < -0.4 is 0 Å². The van der Waals surface area contributed by atoms with Crippen molar-refractivity contribution in [1.29, 1.82) is 0 Å². The van der Waals surface area contributed by atoms with Gasteiger partial charge in [0, 0.05) is 60.8 Å². The fraction of sp³-hybridized carbons (Fsp3) is 0. The van der Waals surface area contributed by atoms with Crippen molar-refractivity contribution in [2.45, 2.75) is 0 Å². The Kier molecular flexibility index (Phi) is 7.80. The number of nitrogens with zero attached hydrogens (tertiary/aromatic N) is 4. The highest BCUT2D eigenvalue weighted by Gasteiger charge is 2.22. The van der Waals surface area contributed by atoms with Crippen molar-refractivity contribution in [2.24, 2.45) is 0 Å². The van der Waals surface area contributed by atoms with E-state index in [1.54, 1.807) is 0 Å². The zero-order chi connectivity index (χ0) is 41.4. The number of benzene rings is 9. The molecule has 0 aliphatic rings. The van der Waals surface area contributed by atoms with Crippen LogP contribution in [0.5, 0.6) is 0 Å². The molecular weight excluding hydrogens is 773 g/mol. The van der Waals surface area contributed by atoms with Crippen LogP contribution in [0.2, 0.25) is 0 Å². The molecule has 0 N–H and O–H groups in total. The van der Waals surface area contributed by atoms with Crippen LogP contribution in [0.3, 0.4) is 0 Å². The van der Waals surface area contributed by atoms with Gasteiger partial charge in [0.25, 0.3) is 0 Å². The highest BCUT2D eigenvalue weighted by Crippen LogP contribution is 2.43. The topological polar surface area (TPSA) is 69.9 Å². The van der Waals surface area contributed by atoms with Gasteiger partial charge in [-0.3, -0.25) is 0 Å². The maximum atomic E-state index is 6.99. The van der Waals surface area contributed by atoms with E-state index in [4.69, 9.17) is 23.8 Å². The molecular formula is C57H34N4O2. The third-order valence-electron chi connectivity index (χ3n) is 12.2. The van der Waals surface area contributed by atoms with E-state index in [1.165, 1.54) is 21.9 Å². The van der Waals surface area contributed by atoms with Crippen LogP contribution in [0, 0.1) is 0 Å². The lowest BCUT2D eigenvalue weighted by molar-refractivity contribution is 0.669. The van der Waals surface area contributed by atoms with E-state index >= 15 is 0 Å². The third kappa shape index (κ3) is 5.76. The second-order valence-electron chi connectivity index (χ2n) is 16.0. The van der Waals surface area contributed by atoms with Crippen molar-refractivity contribution < 1.29 is 8.83 Å². The number of aromatic nitrogens is 4. The van der Waals surface area contributed by atoms with Crippen LogP contribution in [0.1, 0.15) is 0 Å². The van der Waals surface area contributed by atoms with Crippen molar-refractivity contribution >= 4 is 65.7 Å². The Bertz CT molecular complexity index is 3850. The fourth-order valence-electron chi connectivity index (χ4n) is 9.27. The van der Waals surface area contributed by atoms with Gasteiger partial charge in [-0.25, -0.2) is 15.0 Å². The average Bonchev–Trinajstić information content (AvgIpc) is 4.03. The summed E-state index contributed by atoms with van der Waals surface area (Å²) in [6, 6.07) is 71.6. The number of hydrogen-bond acceptors (Lipinski definition) is 5. The third-order valence-corrected chi connectivity index (χ3v) is 12.2. The largest absolute Gasteiger partial charge is 0.456 e. The Balaban J connectivity index is 1.05. The van der Waals surface area contributed by atoms with Crippen LogP contribution in [-0.4, -0.2) is 19.5 Å². The normalized spacial score (nSPS) is 11.8. The second-order valence-corrected chi connectivity index (χ2v) is 16.0. The summed E-state index contributed by atoms with van der Waals surface area (Å²) < 4.78 is 15.6. The molecule has 0 amide bonds. The van der Waals surface area contributed by atoms with E-state index in [0.717, 1.165) is 88.4 Å². The smallest absolute Gasteiger partial charge is 0.164 e. The lowest BCUT2D eigenvalue weighted by atomic mass is 9.97. The Morgan fingerprint density at radius 2 is 0.873 bits per heavy atom. The van der Waals surface area contributed by atoms with Crippen molar-refractivity contribution in [1.82, 2.24) is 19.5 Å². The minimum atomic E-state index is 0.563. The highest BCUT2D eigenvalue weighted by atomic mass is 16.3. The first-order valence-electron chi connectivity index (χ1n) is 21.1. The molecule has 13 rings (SSSR count). The van der Waals surface area contributed by atoms with Crippen LogP contribution in [0.15, 0.2) is 215 Å². The first-order chi connectivity index (χ1) is 31.2. The molecule has 0 aliphatic carbocycles. The van der Waals surface area contributed by atoms with Crippen molar-refractivity contribution in [2.75, 3.05) is 0 Å². The van der Waals surface area contributed by atoms with Crippen molar-refractivity contribution in [3.63, 3.8) is 0 Å². The highest BCUT2D eigenvalue weighted by molar-refractivity contribution is 6.15. The summed E-state index contributed by atoms with van der Waals surface area (Å²) in [6.07, 6.45) is 0. The van der Waals surface area contributed by atoms with Gasteiger partial charge >= 0.3 is 0 Å². The Morgan fingerprint density at radius 1 is 0.302 bits per heavy atom. The molecule has 63 heavy (non-hydrogen) atoms. The minimum Gasteiger partial charge on any atom is -0.456 e. The SMILES string of the molecule is c1ccc(-c2ccc3c(c2)c2ccccc2n3-c2ccc3c(c2)oc2cc(-c4ccc5oc6ccccc6c5c4)cc(-c4nc(-c5ccccc5)nc(-c5ccccc5)n4)c23)cc1. The zero-order valence-electron chi connectivity index (χ0n) is 33.7. The second kappa shape index (κ2) is 14.0. The zero-order valence-corrected chi connectivity index (χ0v) is 33.7. The average molecular weight is 807 g/mol. The van der Waals surface area contributed by atoms with Gasteiger partial charge in [-0.2, -0.15) is 0 Å². The molecule has 6 heteroatoms. The summed E-state index contributed by atoms with van der Waals surface area (Å²) in [5.74, 6) is 1.76. The molecule has 0 unspecified atom stereocenters. The van der Waals surface area contributed by atoms with E-state index in [1.807, 2.05) is 78.9 Å². The summed E-state index contributed by atoms with van der Waals surface area (Å²) >= 11 is 0. The Hall–Kier alpha value is -8.61. The fourth-order valence-corrected chi connectivity index (χ4v) is 9.27. The first-order valence-corrected chi connectivity index (χ1v) is 21.1. The number of fused-ring (bicyclic) bond motifs is 9. The van der Waals surface area contributed by atoms with Crippen molar-refractivity contribution in [3.8, 4) is 62.1 Å². The molecule has 0 atom stereocenters. The summed E-state index contributed by atoms with van der Waals surface area (Å²) in [5, 5.41) is 6.44. The van der Waals surface area contributed by atoms with E-state index in [2.05, 4.69) is 132 Å². The van der Waals surface area contributed by atoms with E-state index in [0.29, 0.717) is 17.5 Å². The summed E-state index contributed by atoms with van der Waals surface area (Å²) in [4.78, 5) is 15.5. The molecule has 4 heterocycles. The van der Waals surface area contributed by atoms with Crippen LogP contribution in [0.25, 0.3) is 128 Å². The quantitative estimate of drug-likeness (QED) is 0.167. The molecule has 4 aromatic heterocycles. The number of para-hydroxylation sites is 2. The molecule has 294 valence electrons. The number of furan rings is 2. The molecule has 13 aromatic rings. The van der Waals surface area contributed by atoms with Gasteiger partial charge in [0.15, 0.2) is 17.5 Å².